The predicted octanol–water partition coefficient (Wildman–Crippen LogP) is 3.60. The van der Waals surface area contributed by atoms with Gasteiger partial charge >= 0.3 is 15.6 Å². The van der Waals surface area contributed by atoms with E-state index in [0.29, 0.717) is 0 Å². The van der Waals surface area contributed by atoms with Crippen LogP contribution in [0.15, 0.2) is 0 Å². The number of alkyl halides is 3. The molecular formula is C11H19F3O3S. The fourth-order valence-corrected chi connectivity index (χ4v) is 2.70. The monoisotopic (exact) mass is 288 g/mol. The van der Waals surface area contributed by atoms with Crippen molar-refractivity contribution in [2.45, 2.75) is 57.4 Å². The molecule has 0 aromatic rings. The van der Waals surface area contributed by atoms with Gasteiger partial charge in [-0.15, -0.1) is 0 Å². The molecule has 7 heteroatoms. The van der Waals surface area contributed by atoms with Crippen molar-refractivity contribution < 1.29 is 25.8 Å². The fourth-order valence-electron chi connectivity index (χ4n) is 2.16. The van der Waals surface area contributed by atoms with E-state index < -0.39 is 15.6 Å². The maximum absolute atomic E-state index is 12.1. The molecule has 0 saturated heterocycles. The van der Waals surface area contributed by atoms with Crippen molar-refractivity contribution in [3.63, 3.8) is 0 Å². The van der Waals surface area contributed by atoms with Gasteiger partial charge in [-0.3, -0.25) is 4.18 Å². The third-order valence-electron chi connectivity index (χ3n) is 3.53. The van der Waals surface area contributed by atoms with Crippen molar-refractivity contribution in [3.8, 4) is 0 Å². The van der Waals surface area contributed by atoms with E-state index in [1.165, 1.54) is 0 Å². The van der Waals surface area contributed by atoms with E-state index >= 15 is 0 Å². The minimum atomic E-state index is -5.44. The molecular weight excluding hydrogens is 269 g/mol. The number of unbranched alkanes of at least 4 members (excludes halogenated alkanes) is 2. The van der Waals surface area contributed by atoms with Crippen molar-refractivity contribution in [1.29, 1.82) is 0 Å². The zero-order valence-corrected chi connectivity index (χ0v) is 11.2. The second-order valence-corrected chi connectivity index (χ2v) is 6.58. The Kier molecular flexibility index (Phi) is 5.05. The Morgan fingerprint density at radius 1 is 1.22 bits per heavy atom. The Bertz CT molecular complexity index is 358. The minimum absolute atomic E-state index is 0.335. The van der Waals surface area contributed by atoms with Gasteiger partial charge in [0, 0.05) is 0 Å². The quantitative estimate of drug-likeness (QED) is 0.408. The highest BCUT2D eigenvalue weighted by Gasteiger charge is 2.49. The van der Waals surface area contributed by atoms with Crippen LogP contribution in [0.5, 0.6) is 0 Å². The van der Waals surface area contributed by atoms with Crippen LogP contribution in [0.25, 0.3) is 0 Å². The molecule has 0 aliphatic heterocycles. The summed E-state index contributed by atoms with van der Waals surface area (Å²) in [5.41, 5.74) is -5.67. The Hall–Kier alpha value is -0.300. The summed E-state index contributed by atoms with van der Waals surface area (Å²) in [5.74, 6) is 0. The lowest BCUT2D eigenvalue weighted by Crippen LogP contribution is -2.37. The zero-order chi connectivity index (χ0) is 13.9. The highest BCUT2D eigenvalue weighted by atomic mass is 32.2. The lowest BCUT2D eigenvalue weighted by molar-refractivity contribution is -0.0597. The van der Waals surface area contributed by atoms with Gasteiger partial charge in [0.1, 0.15) is 0 Å². The molecule has 0 bridgehead atoms. The average molecular weight is 288 g/mol. The normalized spacial score (nSPS) is 19.6. The van der Waals surface area contributed by atoms with Crippen LogP contribution in [-0.2, 0) is 14.3 Å². The second kappa shape index (κ2) is 5.77. The van der Waals surface area contributed by atoms with Gasteiger partial charge in [-0.25, -0.2) is 0 Å². The average Bonchev–Trinajstić information content (AvgIpc) is 2.19. The zero-order valence-electron chi connectivity index (χ0n) is 10.4. The first kappa shape index (κ1) is 15.8. The van der Waals surface area contributed by atoms with E-state index in [-0.39, 0.29) is 12.0 Å². The molecule has 1 saturated carbocycles. The van der Waals surface area contributed by atoms with Gasteiger partial charge in [-0.2, -0.15) is 21.6 Å². The largest absolute Gasteiger partial charge is 0.523 e. The summed E-state index contributed by atoms with van der Waals surface area (Å²) in [6.45, 7) is 1.70. The van der Waals surface area contributed by atoms with Crippen LogP contribution in [0.3, 0.4) is 0 Å². The standard InChI is InChI=1S/C11H19F3O3S/c1-2-3-4-6-10(7-5-8-10)9-17-18(15,16)11(12,13)14/h2-9H2,1H3. The molecule has 18 heavy (non-hydrogen) atoms. The second-order valence-electron chi connectivity index (χ2n) is 4.97. The Morgan fingerprint density at radius 2 is 1.83 bits per heavy atom. The summed E-state index contributed by atoms with van der Waals surface area (Å²) in [6.07, 6.45) is 6.13. The number of hydrogen-bond acceptors (Lipinski definition) is 3. The van der Waals surface area contributed by atoms with Crippen molar-refractivity contribution >= 4 is 10.1 Å². The van der Waals surface area contributed by atoms with Crippen LogP contribution in [0.1, 0.15) is 51.9 Å². The molecule has 0 unspecified atom stereocenters. The Balaban J connectivity index is 2.50. The van der Waals surface area contributed by atoms with E-state index in [9.17, 15) is 21.6 Å². The molecule has 1 rings (SSSR count). The van der Waals surface area contributed by atoms with Crippen LogP contribution in [0.4, 0.5) is 13.2 Å². The minimum Gasteiger partial charge on any atom is -0.263 e. The maximum Gasteiger partial charge on any atom is 0.523 e. The van der Waals surface area contributed by atoms with Gasteiger partial charge in [0.25, 0.3) is 0 Å². The third-order valence-corrected chi connectivity index (χ3v) is 4.52. The van der Waals surface area contributed by atoms with Crippen LogP contribution in [0, 0.1) is 5.41 Å². The molecule has 108 valence electrons. The Labute approximate surface area is 106 Å². The summed E-state index contributed by atoms with van der Waals surface area (Å²) >= 11 is 0. The number of hydrogen-bond donors (Lipinski definition) is 0. The molecule has 0 aromatic carbocycles. The Morgan fingerprint density at radius 3 is 2.22 bits per heavy atom. The topological polar surface area (TPSA) is 43.4 Å². The number of rotatable bonds is 7. The van der Waals surface area contributed by atoms with E-state index in [1.807, 2.05) is 6.92 Å². The van der Waals surface area contributed by atoms with Crippen molar-refractivity contribution in [3.05, 3.63) is 0 Å². The first-order chi connectivity index (χ1) is 8.22. The predicted molar refractivity (Wildman–Crippen MR) is 61.4 cm³/mol. The van der Waals surface area contributed by atoms with Gasteiger partial charge in [-0.1, -0.05) is 32.6 Å². The first-order valence-corrected chi connectivity index (χ1v) is 7.59. The third kappa shape index (κ3) is 3.85. The summed E-state index contributed by atoms with van der Waals surface area (Å²) in [7, 11) is -5.44. The molecule has 0 radical (unpaired) electrons. The SMILES string of the molecule is CCCCCC1(COS(=O)(=O)C(F)(F)F)CCC1. The van der Waals surface area contributed by atoms with Crippen LogP contribution < -0.4 is 0 Å². The summed E-state index contributed by atoms with van der Waals surface area (Å²) in [5, 5.41) is 0. The molecule has 1 fully saturated rings. The van der Waals surface area contributed by atoms with Gasteiger partial charge in [-0.05, 0) is 24.7 Å². The van der Waals surface area contributed by atoms with E-state index in [4.69, 9.17) is 0 Å². The summed E-state index contributed by atoms with van der Waals surface area (Å²) in [6, 6.07) is 0. The molecule has 0 spiro atoms. The molecule has 0 aromatic heterocycles. The van der Waals surface area contributed by atoms with Gasteiger partial charge in [0.05, 0.1) is 6.61 Å². The van der Waals surface area contributed by atoms with Crippen molar-refractivity contribution in [2.75, 3.05) is 6.61 Å². The lowest BCUT2D eigenvalue weighted by Gasteiger charge is -2.41. The van der Waals surface area contributed by atoms with Crippen LogP contribution in [0.2, 0.25) is 0 Å². The maximum atomic E-state index is 12.1. The molecule has 0 amide bonds. The molecule has 0 atom stereocenters. The smallest absolute Gasteiger partial charge is 0.263 e. The molecule has 0 N–H and O–H groups in total. The molecule has 1 aliphatic rings. The summed E-state index contributed by atoms with van der Waals surface area (Å²) < 4.78 is 62.2. The lowest BCUT2D eigenvalue weighted by atomic mass is 9.66. The molecule has 0 heterocycles. The van der Waals surface area contributed by atoms with Gasteiger partial charge in [0.2, 0.25) is 0 Å². The highest BCUT2D eigenvalue weighted by molar-refractivity contribution is 7.87. The van der Waals surface area contributed by atoms with Gasteiger partial charge in [0.15, 0.2) is 0 Å². The van der Waals surface area contributed by atoms with Gasteiger partial charge < -0.3 is 0 Å². The molecule has 3 nitrogen and oxygen atoms in total. The van der Waals surface area contributed by atoms with Crippen molar-refractivity contribution in [2.24, 2.45) is 5.41 Å². The van der Waals surface area contributed by atoms with E-state index in [1.54, 1.807) is 0 Å². The van der Waals surface area contributed by atoms with Crippen LogP contribution >= 0.6 is 0 Å². The van der Waals surface area contributed by atoms with E-state index in [2.05, 4.69) is 4.18 Å². The highest BCUT2D eigenvalue weighted by Crippen LogP contribution is 2.46. The van der Waals surface area contributed by atoms with Crippen LogP contribution in [-0.4, -0.2) is 20.5 Å². The molecule has 1 aliphatic carbocycles. The first-order valence-electron chi connectivity index (χ1n) is 6.18. The fraction of sp³-hybridized carbons (Fsp3) is 1.00. The van der Waals surface area contributed by atoms with Crippen molar-refractivity contribution in [1.82, 2.24) is 0 Å². The number of halogens is 3. The van der Waals surface area contributed by atoms with E-state index in [0.717, 1.165) is 44.9 Å². The summed E-state index contributed by atoms with van der Waals surface area (Å²) in [4.78, 5) is 0.